The van der Waals surface area contributed by atoms with Crippen molar-refractivity contribution in [2.24, 2.45) is 0 Å². The first-order valence-electron chi connectivity index (χ1n) is 10.7. The largest absolute Gasteiger partial charge is 0.435 e. The van der Waals surface area contributed by atoms with Crippen LogP contribution in [-0.4, -0.2) is 59.2 Å². The number of aromatic amines is 1. The number of benzene rings is 1. The average Bonchev–Trinajstić information content (AvgIpc) is 3.46. The first-order chi connectivity index (χ1) is 16.9. The number of alkyl halides is 3. The van der Waals surface area contributed by atoms with Gasteiger partial charge in [-0.15, -0.1) is 10.2 Å². The molecule has 1 fully saturated rings. The predicted molar refractivity (Wildman–Crippen MR) is 129 cm³/mol. The summed E-state index contributed by atoms with van der Waals surface area (Å²) in [5, 5.41) is 21.8. The minimum Gasteiger partial charge on any atom is -0.382 e. The minimum atomic E-state index is -4.67. The quantitative estimate of drug-likeness (QED) is 0.339. The molecular weight excluding hydrogens is 594 g/mol. The Morgan fingerprint density at radius 2 is 2.06 bits per heavy atom. The molecule has 2 N–H and O–H groups in total. The van der Waals surface area contributed by atoms with Crippen molar-refractivity contribution in [3.63, 3.8) is 0 Å². The predicted octanol–water partition coefficient (Wildman–Crippen LogP) is 3.41. The van der Waals surface area contributed by atoms with Crippen molar-refractivity contribution in [1.29, 1.82) is 0 Å². The number of hydrogen-bond donors (Lipinski definition) is 2. The third-order valence-electron chi connectivity index (χ3n) is 5.57. The van der Waals surface area contributed by atoms with Crippen molar-refractivity contribution in [3.05, 3.63) is 57.8 Å². The van der Waals surface area contributed by atoms with Gasteiger partial charge in [-0.05, 0) is 60.7 Å². The summed E-state index contributed by atoms with van der Waals surface area (Å²) < 4.78 is 47.2. The van der Waals surface area contributed by atoms with Gasteiger partial charge in [-0.25, -0.2) is 9.67 Å². The van der Waals surface area contributed by atoms with Crippen molar-refractivity contribution in [1.82, 2.24) is 29.9 Å². The molecule has 0 aliphatic carbocycles. The van der Waals surface area contributed by atoms with E-state index in [2.05, 4.69) is 47.9 Å². The smallest absolute Gasteiger partial charge is 0.382 e. The standard InChI is InChI=1S/C22H19F3IN7O3/c1-21(2)10-32(16-5-6-33(31-16)12-8-15(22(23,24)25)30-27-9-12)20(35)18(36-21)17(34)19-28-13-4-3-11(26)7-14(13)29-19/h3-9,17-18,34H,10H2,1-2H3,(H,28,29)/t17?,18-/m1/s1. The normalized spacial score (nSPS) is 19.1. The molecule has 2 atom stereocenters. The Labute approximate surface area is 215 Å². The molecule has 5 rings (SSSR count). The van der Waals surface area contributed by atoms with Crippen LogP contribution in [0.1, 0.15) is 31.5 Å². The van der Waals surface area contributed by atoms with Gasteiger partial charge in [0.2, 0.25) is 0 Å². The number of hydrogen-bond acceptors (Lipinski definition) is 7. The molecule has 4 aromatic rings. The molecule has 4 heterocycles. The van der Waals surface area contributed by atoms with Gasteiger partial charge in [0, 0.05) is 15.8 Å². The molecule has 1 amide bonds. The zero-order valence-electron chi connectivity index (χ0n) is 18.9. The molecule has 1 aliphatic heterocycles. The first-order valence-corrected chi connectivity index (χ1v) is 11.8. The average molecular weight is 613 g/mol. The van der Waals surface area contributed by atoms with Crippen LogP contribution in [0.5, 0.6) is 0 Å². The van der Waals surface area contributed by atoms with Crippen LogP contribution in [0, 0.1) is 3.57 Å². The number of halogens is 4. The third-order valence-corrected chi connectivity index (χ3v) is 6.24. The maximum absolute atomic E-state index is 13.4. The van der Waals surface area contributed by atoms with Crippen molar-refractivity contribution >= 4 is 45.3 Å². The number of rotatable bonds is 4. The highest BCUT2D eigenvalue weighted by atomic mass is 127. The van der Waals surface area contributed by atoms with E-state index in [-0.39, 0.29) is 23.9 Å². The summed E-state index contributed by atoms with van der Waals surface area (Å²) in [7, 11) is 0. The van der Waals surface area contributed by atoms with Crippen LogP contribution in [0.4, 0.5) is 19.0 Å². The zero-order chi connectivity index (χ0) is 25.8. The second-order valence-corrected chi connectivity index (χ2v) is 10.1. The van der Waals surface area contributed by atoms with Crippen LogP contribution in [-0.2, 0) is 15.7 Å². The molecule has 0 radical (unpaired) electrons. The lowest BCUT2D eigenvalue weighted by molar-refractivity contribution is -0.166. The van der Waals surface area contributed by atoms with E-state index in [4.69, 9.17) is 4.74 Å². The van der Waals surface area contributed by atoms with Crippen LogP contribution in [0.25, 0.3) is 16.7 Å². The summed E-state index contributed by atoms with van der Waals surface area (Å²) in [6.45, 7) is 3.62. The molecule has 3 aromatic heterocycles. The van der Waals surface area contributed by atoms with E-state index in [1.807, 2.05) is 12.1 Å². The molecule has 1 saturated heterocycles. The Bertz CT molecular complexity index is 1450. The van der Waals surface area contributed by atoms with Crippen molar-refractivity contribution in [2.45, 2.75) is 37.8 Å². The van der Waals surface area contributed by atoms with E-state index >= 15 is 0 Å². The minimum absolute atomic E-state index is 0.0250. The van der Waals surface area contributed by atoms with Gasteiger partial charge in [0.05, 0.1) is 35.1 Å². The van der Waals surface area contributed by atoms with Crippen LogP contribution in [0.2, 0.25) is 0 Å². The number of aromatic nitrogens is 6. The first kappa shape index (κ1) is 24.6. The Hall–Kier alpha value is -3.11. The fourth-order valence-electron chi connectivity index (χ4n) is 3.94. The lowest BCUT2D eigenvalue weighted by Crippen LogP contribution is -2.58. The topological polar surface area (TPSA) is 122 Å². The van der Waals surface area contributed by atoms with Crippen molar-refractivity contribution in [3.8, 4) is 5.69 Å². The van der Waals surface area contributed by atoms with Gasteiger partial charge in [0.1, 0.15) is 11.9 Å². The lowest BCUT2D eigenvalue weighted by Gasteiger charge is -2.42. The Morgan fingerprint density at radius 3 is 2.81 bits per heavy atom. The molecule has 188 valence electrons. The third kappa shape index (κ3) is 4.67. The highest BCUT2D eigenvalue weighted by Gasteiger charge is 2.45. The summed E-state index contributed by atoms with van der Waals surface area (Å²) in [5.41, 5.74) is -0.668. The van der Waals surface area contributed by atoms with Gasteiger partial charge in [-0.3, -0.25) is 9.69 Å². The molecule has 0 spiro atoms. The molecule has 0 saturated carbocycles. The summed E-state index contributed by atoms with van der Waals surface area (Å²) in [6.07, 6.45) is -4.81. The number of anilines is 1. The maximum atomic E-state index is 13.4. The van der Waals surface area contributed by atoms with Crippen molar-refractivity contribution < 1.29 is 27.8 Å². The molecule has 1 aromatic carbocycles. The van der Waals surface area contributed by atoms with Gasteiger partial charge in [0.15, 0.2) is 17.6 Å². The summed E-state index contributed by atoms with van der Waals surface area (Å²) in [5.74, 6) is -0.208. The van der Waals surface area contributed by atoms with Gasteiger partial charge in [-0.1, -0.05) is 0 Å². The highest BCUT2D eigenvalue weighted by molar-refractivity contribution is 14.1. The number of imidazole rings is 1. The number of H-pyrrole nitrogens is 1. The molecule has 1 unspecified atom stereocenters. The number of amides is 1. The van der Waals surface area contributed by atoms with E-state index in [9.17, 15) is 23.1 Å². The number of nitrogens with zero attached hydrogens (tertiary/aromatic N) is 6. The molecular formula is C22H19F3IN7O3. The van der Waals surface area contributed by atoms with Crippen LogP contribution in [0.3, 0.4) is 0 Å². The number of aliphatic hydroxyl groups is 1. The maximum Gasteiger partial charge on any atom is 0.435 e. The fraction of sp³-hybridized carbons (Fsp3) is 0.318. The van der Waals surface area contributed by atoms with E-state index < -0.39 is 35.6 Å². The summed E-state index contributed by atoms with van der Waals surface area (Å²) in [4.78, 5) is 22.2. The number of fused-ring (bicyclic) bond motifs is 1. The number of carbonyl (C=O) groups excluding carboxylic acids is 1. The molecule has 14 heteroatoms. The Balaban J connectivity index is 1.44. The van der Waals surface area contributed by atoms with E-state index in [0.717, 1.165) is 15.8 Å². The van der Waals surface area contributed by atoms with Gasteiger partial charge >= 0.3 is 6.18 Å². The second-order valence-electron chi connectivity index (χ2n) is 8.87. The van der Waals surface area contributed by atoms with Gasteiger partial charge in [-0.2, -0.15) is 18.3 Å². The Kier molecular flexibility index (Phi) is 5.99. The fourth-order valence-corrected chi connectivity index (χ4v) is 4.44. The molecule has 10 nitrogen and oxygen atoms in total. The summed E-state index contributed by atoms with van der Waals surface area (Å²) >= 11 is 2.16. The van der Waals surface area contributed by atoms with Crippen LogP contribution < -0.4 is 4.90 Å². The SMILES string of the molecule is CC1(C)CN(c2ccn(-c3cnnc(C(F)(F)F)c3)n2)C(=O)[C@@H](C(O)c2nc3ccc(I)cc3[nH]2)O1. The number of ether oxygens (including phenoxy) is 1. The van der Waals surface area contributed by atoms with Crippen LogP contribution in [0.15, 0.2) is 42.7 Å². The van der Waals surface area contributed by atoms with Gasteiger partial charge < -0.3 is 14.8 Å². The molecule has 0 bridgehead atoms. The number of nitrogens with one attached hydrogen (secondary N) is 1. The molecule has 1 aliphatic rings. The summed E-state index contributed by atoms with van der Waals surface area (Å²) in [6, 6.07) is 7.83. The zero-order valence-corrected chi connectivity index (χ0v) is 21.0. The van der Waals surface area contributed by atoms with Gasteiger partial charge in [0.25, 0.3) is 5.91 Å². The number of morpholine rings is 1. The van der Waals surface area contributed by atoms with E-state index in [1.165, 1.54) is 21.8 Å². The van der Waals surface area contributed by atoms with E-state index in [0.29, 0.717) is 11.0 Å². The van der Waals surface area contributed by atoms with Crippen molar-refractivity contribution in [2.75, 3.05) is 11.4 Å². The lowest BCUT2D eigenvalue weighted by atomic mass is 10.0. The second kappa shape index (κ2) is 8.77. The van der Waals surface area contributed by atoms with E-state index in [1.54, 1.807) is 19.9 Å². The number of aliphatic hydroxyl groups excluding tert-OH is 1. The number of carbonyl (C=O) groups is 1. The Morgan fingerprint density at radius 1 is 1.28 bits per heavy atom. The van der Waals surface area contributed by atoms with Crippen LogP contribution >= 0.6 is 22.6 Å². The molecule has 36 heavy (non-hydrogen) atoms. The monoisotopic (exact) mass is 613 g/mol. The highest BCUT2D eigenvalue weighted by Crippen LogP contribution is 2.33.